The lowest BCUT2D eigenvalue weighted by atomic mass is 10.3. The topological polar surface area (TPSA) is 17.1 Å². The van der Waals surface area contributed by atoms with E-state index in [0.29, 0.717) is 0 Å². The van der Waals surface area contributed by atoms with Crippen molar-refractivity contribution >= 4 is 7.14 Å². The van der Waals surface area contributed by atoms with E-state index < -0.39 is 13.1 Å². The molecule has 54 valence electrons. The van der Waals surface area contributed by atoms with Crippen molar-refractivity contribution in [2.24, 2.45) is 0 Å². The molecule has 1 rings (SSSR count). The second kappa shape index (κ2) is 1.79. The van der Waals surface area contributed by atoms with Gasteiger partial charge in [0.25, 0.3) is 5.92 Å². The van der Waals surface area contributed by atoms with Crippen LogP contribution in [0.4, 0.5) is 8.78 Å². The molecule has 4 heteroatoms. The molecular formula is C5H9F2OP. The maximum atomic E-state index is 12.3. The van der Waals surface area contributed by atoms with E-state index in [0.717, 1.165) is 0 Å². The fourth-order valence-electron chi connectivity index (χ4n) is 1.05. The molecule has 1 aliphatic heterocycles. The normalized spacial score (nSPS) is 41.2. The molecule has 0 aliphatic carbocycles. The Kier molecular flexibility index (Phi) is 1.43. The van der Waals surface area contributed by atoms with E-state index in [-0.39, 0.29) is 18.7 Å². The number of rotatable bonds is 0. The molecule has 0 radical (unpaired) electrons. The zero-order valence-electron chi connectivity index (χ0n) is 5.23. The van der Waals surface area contributed by atoms with Crippen LogP contribution in [0.15, 0.2) is 0 Å². The van der Waals surface area contributed by atoms with Gasteiger partial charge in [0.05, 0.1) is 13.3 Å². The van der Waals surface area contributed by atoms with Crippen molar-refractivity contribution in [1.82, 2.24) is 0 Å². The van der Waals surface area contributed by atoms with Crippen molar-refractivity contribution in [2.45, 2.75) is 12.3 Å². The fraction of sp³-hybridized carbons (Fsp3) is 1.00. The van der Waals surface area contributed by atoms with E-state index in [1.54, 1.807) is 0 Å². The molecule has 0 saturated carbocycles. The van der Waals surface area contributed by atoms with Gasteiger partial charge in [0, 0.05) is 12.6 Å². The van der Waals surface area contributed by atoms with Crippen molar-refractivity contribution in [2.75, 3.05) is 19.0 Å². The van der Waals surface area contributed by atoms with Gasteiger partial charge in [0.2, 0.25) is 0 Å². The van der Waals surface area contributed by atoms with Gasteiger partial charge in [0.15, 0.2) is 0 Å². The van der Waals surface area contributed by atoms with Gasteiger partial charge in [-0.25, -0.2) is 8.78 Å². The van der Waals surface area contributed by atoms with Crippen molar-refractivity contribution in [3.8, 4) is 0 Å². The van der Waals surface area contributed by atoms with Crippen molar-refractivity contribution < 1.29 is 13.3 Å². The Labute approximate surface area is 52.8 Å². The summed E-state index contributed by atoms with van der Waals surface area (Å²) in [6.07, 6.45) is -0.333. The first kappa shape index (κ1) is 7.20. The summed E-state index contributed by atoms with van der Waals surface area (Å²) >= 11 is 0. The predicted octanol–water partition coefficient (Wildman–Crippen LogP) is 2.02. The van der Waals surface area contributed by atoms with Crippen molar-refractivity contribution in [3.63, 3.8) is 0 Å². The number of alkyl halides is 2. The highest BCUT2D eigenvalue weighted by atomic mass is 31.2. The predicted molar refractivity (Wildman–Crippen MR) is 32.8 cm³/mol. The molecule has 0 aromatic carbocycles. The molecule has 0 amide bonds. The first-order valence-corrected chi connectivity index (χ1v) is 5.37. The maximum absolute atomic E-state index is 12.3. The Hall–Kier alpha value is 0.0900. The van der Waals surface area contributed by atoms with Gasteiger partial charge in [0.1, 0.15) is 0 Å². The van der Waals surface area contributed by atoms with Crippen LogP contribution >= 0.6 is 7.14 Å². The van der Waals surface area contributed by atoms with Gasteiger partial charge in [-0.05, 0) is 6.66 Å². The Bertz CT molecular complexity index is 166. The summed E-state index contributed by atoms with van der Waals surface area (Å²) in [6, 6.07) is 0. The molecular weight excluding hydrogens is 145 g/mol. The van der Waals surface area contributed by atoms with E-state index in [2.05, 4.69) is 0 Å². The van der Waals surface area contributed by atoms with Crippen LogP contribution in [0.3, 0.4) is 0 Å². The van der Waals surface area contributed by atoms with E-state index in [1.165, 1.54) is 6.66 Å². The summed E-state index contributed by atoms with van der Waals surface area (Å²) in [5.74, 6) is -2.63. The van der Waals surface area contributed by atoms with E-state index in [4.69, 9.17) is 0 Å². The SMILES string of the molecule is CP1(=O)CCC(F)(F)C1. The molecule has 1 aliphatic rings. The molecule has 1 fully saturated rings. The second-order valence-electron chi connectivity index (χ2n) is 2.78. The third kappa shape index (κ3) is 1.75. The summed E-state index contributed by atoms with van der Waals surface area (Å²) in [5, 5.41) is 0. The monoisotopic (exact) mass is 154 g/mol. The van der Waals surface area contributed by atoms with Crippen LogP contribution in [0.5, 0.6) is 0 Å². The van der Waals surface area contributed by atoms with Crippen LogP contribution in [0.1, 0.15) is 6.42 Å². The molecule has 1 heterocycles. The average Bonchev–Trinajstić information content (AvgIpc) is 1.78. The molecule has 0 aromatic heterocycles. The fourth-order valence-corrected chi connectivity index (χ4v) is 3.14. The molecule has 0 N–H and O–H groups in total. The summed E-state index contributed by atoms with van der Waals surface area (Å²) < 4.78 is 35.5. The van der Waals surface area contributed by atoms with Crippen molar-refractivity contribution in [3.05, 3.63) is 0 Å². The minimum Gasteiger partial charge on any atom is -0.324 e. The van der Waals surface area contributed by atoms with Crippen LogP contribution in [0.25, 0.3) is 0 Å². The third-order valence-corrected chi connectivity index (χ3v) is 3.82. The summed E-state index contributed by atoms with van der Waals surface area (Å²) in [6.45, 7) is 1.45. The Morgan fingerprint density at radius 3 is 2.22 bits per heavy atom. The lowest BCUT2D eigenvalue weighted by Crippen LogP contribution is -2.13. The largest absolute Gasteiger partial charge is 0.324 e. The van der Waals surface area contributed by atoms with E-state index >= 15 is 0 Å². The minimum absolute atomic E-state index is 0.180. The van der Waals surface area contributed by atoms with Gasteiger partial charge in [-0.1, -0.05) is 0 Å². The molecule has 9 heavy (non-hydrogen) atoms. The van der Waals surface area contributed by atoms with Crippen molar-refractivity contribution in [1.29, 1.82) is 0 Å². The Morgan fingerprint density at radius 2 is 2.11 bits per heavy atom. The number of hydrogen-bond acceptors (Lipinski definition) is 1. The highest BCUT2D eigenvalue weighted by molar-refractivity contribution is 7.63. The standard InChI is InChI=1S/C5H9F2OP/c1-9(8)3-2-5(6,7)4-9/h2-4H2,1H3. The van der Waals surface area contributed by atoms with Crippen LogP contribution < -0.4 is 0 Å². The number of hydrogen-bond donors (Lipinski definition) is 0. The quantitative estimate of drug-likeness (QED) is 0.488. The molecule has 1 unspecified atom stereocenters. The van der Waals surface area contributed by atoms with Gasteiger partial charge >= 0.3 is 0 Å². The first-order valence-electron chi connectivity index (χ1n) is 2.85. The minimum atomic E-state index is -2.63. The van der Waals surface area contributed by atoms with Gasteiger partial charge in [-0.2, -0.15) is 0 Å². The first-order chi connectivity index (χ1) is 3.91. The van der Waals surface area contributed by atoms with Crippen LogP contribution in [0, 0.1) is 0 Å². The maximum Gasteiger partial charge on any atom is 0.255 e. The molecule has 0 bridgehead atoms. The zero-order valence-corrected chi connectivity index (χ0v) is 6.13. The Morgan fingerprint density at radius 1 is 1.56 bits per heavy atom. The Balaban J connectivity index is 2.69. The lowest BCUT2D eigenvalue weighted by Gasteiger charge is -2.05. The third-order valence-electron chi connectivity index (χ3n) is 1.52. The molecule has 1 saturated heterocycles. The lowest BCUT2D eigenvalue weighted by molar-refractivity contribution is 0.0303. The zero-order chi connectivity index (χ0) is 7.12. The second-order valence-corrected chi connectivity index (χ2v) is 6.14. The smallest absolute Gasteiger partial charge is 0.255 e. The highest BCUT2D eigenvalue weighted by Gasteiger charge is 2.43. The van der Waals surface area contributed by atoms with Gasteiger partial charge in [-0.15, -0.1) is 0 Å². The highest BCUT2D eigenvalue weighted by Crippen LogP contribution is 2.54. The van der Waals surface area contributed by atoms with Crippen LogP contribution in [-0.4, -0.2) is 24.9 Å². The van der Waals surface area contributed by atoms with E-state index in [9.17, 15) is 13.3 Å². The van der Waals surface area contributed by atoms with Gasteiger partial charge in [-0.3, -0.25) is 0 Å². The molecule has 0 aromatic rings. The molecule has 0 spiro atoms. The molecule has 1 nitrogen and oxygen atoms in total. The van der Waals surface area contributed by atoms with E-state index in [1.807, 2.05) is 0 Å². The summed E-state index contributed by atoms with van der Waals surface area (Å²) in [7, 11) is -2.41. The molecule has 1 atom stereocenters. The summed E-state index contributed by atoms with van der Waals surface area (Å²) in [4.78, 5) is 0. The van der Waals surface area contributed by atoms with Crippen LogP contribution in [-0.2, 0) is 4.57 Å². The number of halogens is 2. The van der Waals surface area contributed by atoms with Gasteiger partial charge < -0.3 is 4.57 Å². The van der Waals surface area contributed by atoms with Crippen LogP contribution in [0.2, 0.25) is 0 Å². The summed E-state index contributed by atoms with van der Waals surface area (Å²) in [5.41, 5.74) is 0. The average molecular weight is 154 g/mol.